The molecule has 0 spiro atoms. The van der Waals surface area contributed by atoms with Crippen molar-refractivity contribution in [2.45, 2.75) is 0 Å². The Morgan fingerprint density at radius 2 is 0.857 bits per heavy atom. The van der Waals surface area contributed by atoms with Crippen molar-refractivity contribution < 1.29 is 20.4 Å². The van der Waals surface area contributed by atoms with Gasteiger partial charge in [-0.05, 0) is 95.7 Å². The van der Waals surface area contributed by atoms with Crippen LogP contribution in [0.4, 0.5) is 0 Å². The molecule has 6 rings (SSSR count). The zero-order valence-corrected chi connectivity index (χ0v) is 21.6. The molecular weight excluding hydrogens is 536 g/mol. The summed E-state index contributed by atoms with van der Waals surface area (Å²) in [5.74, 6) is 0.104. The van der Waals surface area contributed by atoms with E-state index in [9.17, 15) is 30.0 Å². The molecule has 0 bridgehead atoms. The fraction of sp³-hybridized carbons (Fsp3) is 0. The minimum absolute atomic E-state index is 0.0548. The SMILES string of the molecule is N#Cc1cc(O)cc2ccn(-c3ccc(O)cc3)c(=O)c12.N#Cc1cc(O)cc2ccn(-c3ccc(O)cc3)c(=O)c12. The maximum absolute atomic E-state index is 12.6. The minimum atomic E-state index is -0.352. The van der Waals surface area contributed by atoms with Crippen molar-refractivity contribution in [3.05, 3.63) is 129 Å². The molecule has 42 heavy (non-hydrogen) atoms. The topological polar surface area (TPSA) is 172 Å². The molecule has 0 aliphatic heterocycles. The van der Waals surface area contributed by atoms with Gasteiger partial charge in [0.05, 0.1) is 21.9 Å². The number of hydrogen-bond acceptors (Lipinski definition) is 8. The maximum Gasteiger partial charge on any atom is 0.264 e. The van der Waals surface area contributed by atoms with Crippen molar-refractivity contribution in [1.82, 2.24) is 9.13 Å². The van der Waals surface area contributed by atoms with Gasteiger partial charge in [-0.15, -0.1) is 0 Å². The zero-order valence-electron chi connectivity index (χ0n) is 21.6. The van der Waals surface area contributed by atoms with Gasteiger partial charge in [0.25, 0.3) is 11.1 Å². The average Bonchev–Trinajstić information content (AvgIpc) is 2.98. The first-order chi connectivity index (χ1) is 20.2. The molecule has 0 amide bonds. The van der Waals surface area contributed by atoms with Crippen LogP contribution in [-0.2, 0) is 0 Å². The Kier molecular flexibility index (Phi) is 7.04. The number of nitriles is 2. The Morgan fingerprint density at radius 1 is 0.500 bits per heavy atom. The van der Waals surface area contributed by atoms with Gasteiger partial charge in [-0.3, -0.25) is 18.7 Å². The van der Waals surface area contributed by atoms with Gasteiger partial charge in [0.2, 0.25) is 0 Å². The number of aromatic nitrogens is 2. The highest BCUT2D eigenvalue weighted by atomic mass is 16.3. The third-order valence-electron chi connectivity index (χ3n) is 6.48. The van der Waals surface area contributed by atoms with Crippen molar-refractivity contribution in [2.75, 3.05) is 0 Å². The quantitative estimate of drug-likeness (QED) is 0.240. The van der Waals surface area contributed by atoms with Crippen molar-refractivity contribution >= 4 is 21.5 Å². The molecule has 2 heterocycles. The number of phenols is 4. The lowest BCUT2D eigenvalue weighted by Gasteiger charge is -2.08. The van der Waals surface area contributed by atoms with Gasteiger partial charge >= 0.3 is 0 Å². The number of benzene rings is 4. The number of pyridine rings is 2. The van der Waals surface area contributed by atoms with E-state index in [1.54, 1.807) is 48.8 Å². The molecule has 0 aliphatic carbocycles. The molecule has 10 nitrogen and oxygen atoms in total. The highest BCUT2D eigenvalue weighted by Gasteiger charge is 2.12. The monoisotopic (exact) mass is 556 g/mol. The van der Waals surface area contributed by atoms with Gasteiger partial charge in [0.15, 0.2) is 0 Å². The van der Waals surface area contributed by atoms with Gasteiger partial charge in [0, 0.05) is 23.8 Å². The van der Waals surface area contributed by atoms with Gasteiger partial charge in [-0.1, -0.05) is 0 Å². The number of phenolic OH excluding ortho intramolecular Hbond substituents is 4. The first-order valence-electron chi connectivity index (χ1n) is 12.4. The summed E-state index contributed by atoms with van der Waals surface area (Å²) in [7, 11) is 0. The molecule has 0 atom stereocenters. The van der Waals surface area contributed by atoms with Crippen LogP contribution in [0.1, 0.15) is 11.1 Å². The summed E-state index contributed by atoms with van der Waals surface area (Å²) in [4.78, 5) is 25.1. The first kappa shape index (κ1) is 27.1. The molecule has 204 valence electrons. The van der Waals surface area contributed by atoms with Gasteiger partial charge in [-0.2, -0.15) is 10.5 Å². The van der Waals surface area contributed by atoms with E-state index < -0.39 is 0 Å². The van der Waals surface area contributed by atoms with E-state index in [2.05, 4.69) is 0 Å². The number of hydrogen-bond donors (Lipinski definition) is 4. The second-order valence-electron chi connectivity index (χ2n) is 9.15. The lowest BCUT2D eigenvalue weighted by Crippen LogP contribution is -2.18. The average molecular weight is 557 g/mol. The summed E-state index contributed by atoms with van der Waals surface area (Å²) in [5, 5.41) is 57.5. The molecule has 4 N–H and O–H groups in total. The molecule has 0 saturated heterocycles. The first-order valence-corrected chi connectivity index (χ1v) is 12.4. The summed E-state index contributed by atoms with van der Waals surface area (Å²) >= 11 is 0. The van der Waals surface area contributed by atoms with Crippen molar-refractivity contribution in [1.29, 1.82) is 10.5 Å². The fourth-order valence-electron chi connectivity index (χ4n) is 4.53. The third kappa shape index (κ3) is 5.07. The standard InChI is InChI=1S/2C16H10N2O3/c2*17-9-11-8-14(20)7-10-5-6-18(16(21)15(10)11)12-1-3-13(19)4-2-12/h2*1-8,19-20H. The largest absolute Gasteiger partial charge is 0.508 e. The molecule has 10 heteroatoms. The van der Waals surface area contributed by atoms with Crippen LogP contribution >= 0.6 is 0 Å². The molecule has 0 fully saturated rings. The molecule has 0 saturated carbocycles. The number of nitrogens with zero attached hydrogens (tertiary/aromatic N) is 4. The van der Waals surface area contributed by atoms with E-state index in [1.807, 2.05) is 12.1 Å². The number of aromatic hydroxyl groups is 4. The van der Waals surface area contributed by atoms with Crippen LogP contribution in [0.2, 0.25) is 0 Å². The van der Waals surface area contributed by atoms with Crippen LogP contribution in [0, 0.1) is 22.7 Å². The predicted octanol–water partition coefficient (Wildman–Crippen LogP) is 4.55. The summed E-state index contributed by atoms with van der Waals surface area (Å²) in [6.07, 6.45) is 3.13. The number of rotatable bonds is 2. The molecule has 2 aromatic heterocycles. The maximum atomic E-state index is 12.6. The van der Waals surface area contributed by atoms with Gasteiger partial charge < -0.3 is 20.4 Å². The Morgan fingerprint density at radius 3 is 1.19 bits per heavy atom. The Balaban J connectivity index is 0.000000168. The van der Waals surface area contributed by atoms with Crippen LogP contribution in [0.5, 0.6) is 23.0 Å². The Bertz CT molecular complexity index is 2030. The van der Waals surface area contributed by atoms with Crippen molar-refractivity contribution in [3.63, 3.8) is 0 Å². The lowest BCUT2D eigenvalue weighted by molar-refractivity contribution is 0.474. The summed E-state index contributed by atoms with van der Waals surface area (Å²) < 4.78 is 2.78. The second-order valence-corrected chi connectivity index (χ2v) is 9.15. The fourth-order valence-corrected chi connectivity index (χ4v) is 4.53. The van der Waals surface area contributed by atoms with Crippen molar-refractivity contribution in [2.24, 2.45) is 0 Å². The van der Waals surface area contributed by atoms with E-state index in [0.717, 1.165) is 0 Å². The van der Waals surface area contributed by atoms with E-state index in [1.165, 1.54) is 57.7 Å². The summed E-state index contributed by atoms with van der Waals surface area (Å²) in [5.41, 5.74) is 0.712. The van der Waals surface area contributed by atoms with Crippen LogP contribution in [-0.4, -0.2) is 29.6 Å². The molecule has 0 aliphatic rings. The molecule has 0 unspecified atom stereocenters. The molecular formula is C32H20N4O6. The molecule has 6 aromatic rings. The summed E-state index contributed by atoms with van der Waals surface area (Å²) in [6.45, 7) is 0. The summed E-state index contributed by atoms with van der Waals surface area (Å²) in [6, 6.07) is 24.9. The zero-order chi connectivity index (χ0) is 30.0. The van der Waals surface area contributed by atoms with Crippen molar-refractivity contribution in [3.8, 4) is 46.5 Å². The Hall–Kier alpha value is -6.52. The van der Waals surface area contributed by atoms with Crippen LogP contribution in [0.25, 0.3) is 32.9 Å². The smallest absolute Gasteiger partial charge is 0.264 e. The predicted molar refractivity (Wildman–Crippen MR) is 155 cm³/mol. The van der Waals surface area contributed by atoms with Crippen LogP contribution in [0.15, 0.2) is 107 Å². The minimum Gasteiger partial charge on any atom is -0.508 e. The number of fused-ring (bicyclic) bond motifs is 2. The lowest BCUT2D eigenvalue weighted by atomic mass is 10.1. The van der Waals surface area contributed by atoms with E-state index in [-0.39, 0.29) is 56.0 Å². The highest BCUT2D eigenvalue weighted by molar-refractivity contribution is 5.89. The van der Waals surface area contributed by atoms with E-state index in [0.29, 0.717) is 22.1 Å². The second kappa shape index (κ2) is 10.9. The van der Waals surface area contributed by atoms with Crippen LogP contribution < -0.4 is 11.1 Å². The van der Waals surface area contributed by atoms with Gasteiger partial charge in [-0.25, -0.2) is 0 Å². The third-order valence-corrected chi connectivity index (χ3v) is 6.48. The van der Waals surface area contributed by atoms with Gasteiger partial charge in [0.1, 0.15) is 35.1 Å². The van der Waals surface area contributed by atoms with E-state index >= 15 is 0 Å². The Labute approximate surface area is 237 Å². The normalized spacial score (nSPS) is 10.4. The van der Waals surface area contributed by atoms with Crippen LogP contribution in [0.3, 0.4) is 0 Å². The molecule has 0 radical (unpaired) electrons. The highest BCUT2D eigenvalue weighted by Crippen LogP contribution is 2.24. The van der Waals surface area contributed by atoms with E-state index in [4.69, 9.17) is 10.5 Å². The molecule has 4 aromatic carbocycles.